The number of aliphatic hydroxyl groups is 1. The van der Waals surface area contributed by atoms with Crippen molar-refractivity contribution >= 4 is 16.7 Å². The van der Waals surface area contributed by atoms with E-state index in [0.717, 1.165) is 36.1 Å². The van der Waals surface area contributed by atoms with Crippen molar-refractivity contribution in [3.8, 4) is 0 Å². The molecule has 1 aromatic heterocycles. The van der Waals surface area contributed by atoms with E-state index in [4.69, 9.17) is 4.98 Å². The first-order valence-corrected chi connectivity index (χ1v) is 9.14. The molecule has 1 N–H and O–H groups in total. The van der Waals surface area contributed by atoms with E-state index >= 15 is 0 Å². The van der Waals surface area contributed by atoms with E-state index < -0.39 is 0 Å². The van der Waals surface area contributed by atoms with Crippen molar-refractivity contribution in [2.75, 3.05) is 24.6 Å². The molecule has 1 atom stereocenters. The second-order valence-electron chi connectivity index (χ2n) is 7.31. The van der Waals surface area contributed by atoms with Crippen LogP contribution in [0.25, 0.3) is 10.9 Å². The predicted octanol–water partition coefficient (Wildman–Crippen LogP) is 4.20. The number of piperidine rings is 1. The Labute approximate surface area is 153 Å². The number of benzene rings is 2. The fourth-order valence-corrected chi connectivity index (χ4v) is 4.01. The molecule has 0 bridgehead atoms. The number of pyridine rings is 1. The van der Waals surface area contributed by atoms with Crippen molar-refractivity contribution in [3.05, 3.63) is 72.0 Å². The summed E-state index contributed by atoms with van der Waals surface area (Å²) in [6, 6.07) is 19.1. The molecule has 0 amide bonds. The zero-order chi connectivity index (χ0) is 18.0. The molecule has 1 aliphatic heterocycles. The largest absolute Gasteiger partial charge is 0.396 e. The van der Waals surface area contributed by atoms with E-state index in [0.29, 0.717) is 18.5 Å². The summed E-state index contributed by atoms with van der Waals surface area (Å²) in [5, 5.41) is 11.3. The van der Waals surface area contributed by atoms with Crippen LogP contribution < -0.4 is 4.90 Å². The van der Waals surface area contributed by atoms with Gasteiger partial charge in [-0.2, -0.15) is 0 Å². The Bertz CT molecular complexity index is 913. The van der Waals surface area contributed by atoms with Gasteiger partial charge in [0.1, 0.15) is 11.6 Å². The van der Waals surface area contributed by atoms with Gasteiger partial charge >= 0.3 is 0 Å². The lowest BCUT2D eigenvalue weighted by Gasteiger charge is -2.42. The summed E-state index contributed by atoms with van der Waals surface area (Å²) in [6.45, 7) is 1.64. The molecule has 2 heterocycles. The highest BCUT2D eigenvalue weighted by atomic mass is 19.1. The number of para-hydroxylation sites is 1. The highest BCUT2D eigenvalue weighted by Gasteiger charge is 2.36. The molecule has 1 fully saturated rings. The number of fused-ring (bicyclic) bond motifs is 1. The van der Waals surface area contributed by atoms with Gasteiger partial charge in [0.15, 0.2) is 0 Å². The van der Waals surface area contributed by atoms with E-state index in [-0.39, 0.29) is 17.8 Å². The molecule has 0 radical (unpaired) electrons. The third kappa shape index (κ3) is 3.29. The number of hydrogen-bond donors (Lipinski definition) is 1. The second-order valence-corrected chi connectivity index (χ2v) is 7.31. The van der Waals surface area contributed by atoms with Gasteiger partial charge < -0.3 is 10.0 Å². The van der Waals surface area contributed by atoms with Crippen LogP contribution in [0.3, 0.4) is 0 Å². The molecule has 0 aliphatic carbocycles. The van der Waals surface area contributed by atoms with Crippen LogP contribution in [0.15, 0.2) is 60.7 Å². The Balaban J connectivity index is 1.61. The van der Waals surface area contributed by atoms with Crippen LogP contribution in [0.5, 0.6) is 0 Å². The van der Waals surface area contributed by atoms with Crippen LogP contribution in [0.2, 0.25) is 0 Å². The molecule has 0 spiro atoms. The average Bonchev–Trinajstić information content (AvgIpc) is 2.69. The maximum absolute atomic E-state index is 14.1. The van der Waals surface area contributed by atoms with E-state index in [1.54, 1.807) is 6.07 Å². The molecule has 3 aromatic rings. The standard InChI is InChI=1S/C22H23FN2O/c23-19-8-3-1-7-18(19)14-22(16-26)12-5-13-25(15-22)21-11-10-17-6-2-4-9-20(17)24-21/h1-4,6-11,26H,5,12-16H2/t22-/m0/s1. The molecule has 134 valence electrons. The highest BCUT2D eigenvalue weighted by Crippen LogP contribution is 2.36. The van der Waals surface area contributed by atoms with Crippen molar-refractivity contribution in [2.45, 2.75) is 19.3 Å². The van der Waals surface area contributed by atoms with Crippen molar-refractivity contribution in [2.24, 2.45) is 5.41 Å². The molecule has 0 unspecified atom stereocenters. The topological polar surface area (TPSA) is 36.4 Å². The van der Waals surface area contributed by atoms with Gasteiger partial charge in [-0.05, 0) is 49.1 Å². The third-order valence-electron chi connectivity index (χ3n) is 5.43. The monoisotopic (exact) mass is 350 g/mol. The van der Waals surface area contributed by atoms with Gasteiger partial charge in [-0.15, -0.1) is 0 Å². The minimum absolute atomic E-state index is 0.0470. The summed E-state index contributed by atoms with van der Waals surface area (Å²) in [5.74, 6) is 0.732. The van der Waals surface area contributed by atoms with Crippen LogP contribution in [0, 0.1) is 11.2 Å². The van der Waals surface area contributed by atoms with Gasteiger partial charge in [0.25, 0.3) is 0 Å². The maximum Gasteiger partial charge on any atom is 0.129 e. The van der Waals surface area contributed by atoms with Crippen LogP contribution >= 0.6 is 0 Å². The highest BCUT2D eigenvalue weighted by molar-refractivity contribution is 5.80. The van der Waals surface area contributed by atoms with E-state index in [1.807, 2.05) is 36.4 Å². The van der Waals surface area contributed by atoms with E-state index in [1.165, 1.54) is 6.07 Å². The minimum atomic E-state index is -0.340. The number of aliphatic hydroxyl groups excluding tert-OH is 1. The minimum Gasteiger partial charge on any atom is -0.396 e. The molecule has 3 nitrogen and oxygen atoms in total. The van der Waals surface area contributed by atoms with Crippen LogP contribution in [-0.4, -0.2) is 29.8 Å². The summed E-state index contributed by atoms with van der Waals surface area (Å²) in [6.07, 6.45) is 2.39. The van der Waals surface area contributed by atoms with Crippen LogP contribution in [0.1, 0.15) is 18.4 Å². The first kappa shape index (κ1) is 17.0. The molecule has 1 aliphatic rings. The first-order valence-electron chi connectivity index (χ1n) is 9.14. The Morgan fingerprint density at radius 2 is 1.85 bits per heavy atom. The predicted molar refractivity (Wildman–Crippen MR) is 103 cm³/mol. The first-order chi connectivity index (χ1) is 12.7. The number of rotatable bonds is 4. The van der Waals surface area contributed by atoms with Crippen molar-refractivity contribution in [1.82, 2.24) is 4.98 Å². The van der Waals surface area contributed by atoms with Crippen molar-refractivity contribution < 1.29 is 9.50 Å². The lowest BCUT2D eigenvalue weighted by atomic mass is 9.75. The normalized spacial score (nSPS) is 20.5. The van der Waals surface area contributed by atoms with Crippen LogP contribution in [0.4, 0.5) is 10.2 Å². The smallest absolute Gasteiger partial charge is 0.129 e. The Morgan fingerprint density at radius 3 is 2.69 bits per heavy atom. The fraction of sp³-hybridized carbons (Fsp3) is 0.318. The molecule has 0 saturated carbocycles. The number of aromatic nitrogens is 1. The molecular formula is C22H23FN2O. The van der Waals surface area contributed by atoms with Gasteiger partial charge in [-0.1, -0.05) is 36.4 Å². The summed E-state index contributed by atoms with van der Waals surface area (Å²) >= 11 is 0. The lowest BCUT2D eigenvalue weighted by molar-refractivity contribution is 0.104. The molecule has 4 rings (SSSR count). The number of anilines is 1. The van der Waals surface area contributed by atoms with Gasteiger partial charge in [0.2, 0.25) is 0 Å². The van der Waals surface area contributed by atoms with Gasteiger partial charge in [-0.3, -0.25) is 0 Å². The molecule has 2 aromatic carbocycles. The summed E-state index contributed by atoms with van der Waals surface area (Å²) in [7, 11) is 0. The quantitative estimate of drug-likeness (QED) is 0.766. The average molecular weight is 350 g/mol. The van der Waals surface area contributed by atoms with Crippen molar-refractivity contribution in [3.63, 3.8) is 0 Å². The van der Waals surface area contributed by atoms with Crippen LogP contribution in [-0.2, 0) is 6.42 Å². The van der Waals surface area contributed by atoms with Gasteiger partial charge in [0.05, 0.1) is 12.1 Å². The zero-order valence-electron chi connectivity index (χ0n) is 14.7. The zero-order valence-corrected chi connectivity index (χ0v) is 14.7. The maximum atomic E-state index is 14.1. The summed E-state index contributed by atoms with van der Waals surface area (Å²) in [4.78, 5) is 7.02. The molecular weight excluding hydrogens is 327 g/mol. The molecule has 1 saturated heterocycles. The number of nitrogens with zero attached hydrogens (tertiary/aromatic N) is 2. The van der Waals surface area contributed by atoms with Crippen molar-refractivity contribution in [1.29, 1.82) is 0 Å². The lowest BCUT2D eigenvalue weighted by Crippen LogP contribution is -2.47. The third-order valence-corrected chi connectivity index (χ3v) is 5.43. The number of hydrogen-bond acceptors (Lipinski definition) is 3. The fourth-order valence-electron chi connectivity index (χ4n) is 4.01. The van der Waals surface area contributed by atoms with E-state index in [2.05, 4.69) is 17.0 Å². The summed E-state index contributed by atoms with van der Waals surface area (Å²) in [5.41, 5.74) is 1.31. The summed E-state index contributed by atoms with van der Waals surface area (Å²) < 4.78 is 14.1. The Kier molecular flexibility index (Phi) is 4.60. The molecule has 26 heavy (non-hydrogen) atoms. The van der Waals surface area contributed by atoms with E-state index in [9.17, 15) is 9.50 Å². The van der Waals surface area contributed by atoms with Gasteiger partial charge in [0, 0.05) is 23.9 Å². The number of halogens is 1. The Morgan fingerprint density at radius 1 is 1.04 bits per heavy atom. The Hall–Kier alpha value is -2.46. The SMILES string of the molecule is OC[C@]1(Cc2ccccc2F)CCCN(c2ccc3ccccc3n2)C1. The molecule has 4 heteroatoms. The second kappa shape index (κ2) is 7.04. The van der Waals surface area contributed by atoms with Gasteiger partial charge in [-0.25, -0.2) is 9.37 Å².